The molecule has 0 spiro atoms. The number of benzene rings is 1. The third-order valence-corrected chi connectivity index (χ3v) is 3.04. The molecule has 0 aliphatic heterocycles. The lowest BCUT2D eigenvalue weighted by Crippen LogP contribution is -2.41. The zero-order chi connectivity index (χ0) is 15.2. The maximum atomic E-state index is 12.3. The van der Waals surface area contributed by atoms with Crippen LogP contribution in [0.5, 0.6) is 0 Å². The molecule has 4 heteroatoms. The lowest BCUT2D eigenvalue weighted by Gasteiger charge is -2.29. The maximum absolute atomic E-state index is 12.3. The SMILES string of the molecule is CC(C)(C)C(=O)N(CCC(=O)O)CCc1ccccc1. The average Bonchev–Trinajstić information content (AvgIpc) is 2.38. The third kappa shape index (κ3) is 5.43. The van der Waals surface area contributed by atoms with Gasteiger partial charge in [0.1, 0.15) is 0 Å². The normalized spacial score (nSPS) is 11.2. The van der Waals surface area contributed by atoms with Gasteiger partial charge in [-0.2, -0.15) is 0 Å². The van der Waals surface area contributed by atoms with E-state index in [0.29, 0.717) is 6.54 Å². The molecule has 0 bridgehead atoms. The smallest absolute Gasteiger partial charge is 0.305 e. The Hall–Kier alpha value is -1.84. The molecule has 20 heavy (non-hydrogen) atoms. The molecule has 1 amide bonds. The Morgan fingerprint density at radius 2 is 1.70 bits per heavy atom. The van der Waals surface area contributed by atoms with Gasteiger partial charge in [0, 0.05) is 18.5 Å². The van der Waals surface area contributed by atoms with Crippen LogP contribution in [0.1, 0.15) is 32.8 Å². The predicted octanol–water partition coefficient (Wildman–Crippen LogP) is 2.58. The van der Waals surface area contributed by atoms with Crippen LogP contribution in [0.2, 0.25) is 0 Å². The molecule has 0 saturated heterocycles. The molecule has 0 unspecified atom stereocenters. The minimum atomic E-state index is -0.878. The standard InChI is InChI=1S/C16H23NO3/c1-16(2,3)15(20)17(12-10-14(18)19)11-9-13-7-5-4-6-8-13/h4-8H,9-12H2,1-3H3,(H,18,19). The predicted molar refractivity (Wildman–Crippen MR) is 78.4 cm³/mol. The third-order valence-electron chi connectivity index (χ3n) is 3.04. The molecule has 1 aromatic carbocycles. The van der Waals surface area contributed by atoms with E-state index in [-0.39, 0.29) is 18.9 Å². The Bertz CT molecular complexity index is 449. The van der Waals surface area contributed by atoms with Crippen molar-refractivity contribution in [3.63, 3.8) is 0 Å². The van der Waals surface area contributed by atoms with E-state index in [4.69, 9.17) is 5.11 Å². The monoisotopic (exact) mass is 277 g/mol. The summed E-state index contributed by atoms with van der Waals surface area (Å²) in [4.78, 5) is 24.7. The maximum Gasteiger partial charge on any atom is 0.305 e. The van der Waals surface area contributed by atoms with Gasteiger partial charge < -0.3 is 10.0 Å². The molecule has 110 valence electrons. The summed E-state index contributed by atoms with van der Waals surface area (Å²) in [5.41, 5.74) is 0.657. The summed E-state index contributed by atoms with van der Waals surface area (Å²) < 4.78 is 0. The molecule has 0 aliphatic rings. The van der Waals surface area contributed by atoms with Crippen LogP contribution in [-0.4, -0.2) is 35.0 Å². The molecule has 4 nitrogen and oxygen atoms in total. The van der Waals surface area contributed by atoms with E-state index in [9.17, 15) is 9.59 Å². The molecule has 1 aromatic rings. The van der Waals surface area contributed by atoms with Gasteiger partial charge in [0.15, 0.2) is 0 Å². The Labute approximate surface area is 120 Å². The molecule has 1 N–H and O–H groups in total. The number of rotatable bonds is 6. The van der Waals surface area contributed by atoms with Crippen LogP contribution in [0.25, 0.3) is 0 Å². The molecule has 0 heterocycles. The second kappa shape index (κ2) is 7.08. The van der Waals surface area contributed by atoms with Gasteiger partial charge >= 0.3 is 5.97 Å². The number of carbonyl (C=O) groups excluding carboxylic acids is 1. The first-order valence-corrected chi connectivity index (χ1v) is 6.86. The first-order valence-electron chi connectivity index (χ1n) is 6.86. The molecule has 0 saturated carbocycles. The van der Waals surface area contributed by atoms with Crippen molar-refractivity contribution in [2.24, 2.45) is 5.41 Å². The van der Waals surface area contributed by atoms with Gasteiger partial charge in [0.05, 0.1) is 6.42 Å². The Morgan fingerprint density at radius 1 is 1.10 bits per heavy atom. The summed E-state index contributed by atoms with van der Waals surface area (Å²) in [6.07, 6.45) is 0.721. The molecular formula is C16H23NO3. The highest BCUT2D eigenvalue weighted by Gasteiger charge is 2.27. The summed E-state index contributed by atoms with van der Waals surface area (Å²) in [6.45, 7) is 6.37. The number of aliphatic carboxylic acids is 1. The fourth-order valence-electron chi connectivity index (χ4n) is 1.93. The number of hydrogen-bond donors (Lipinski definition) is 1. The molecule has 1 rings (SSSR count). The van der Waals surface area contributed by atoms with Crippen molar-refractivity contribution in [2.45, 2.75) is 33.6 Å². The first-order chi connectivity index (χ1) is 9.30. The van der Waals surface area contributed by atoms with Crippen molar-refractivity contribution in [1.82, 2.24) is 4.90 Å². The highest BCUT2D eigenvalue weighted by molar-refractivity contribution is 5.82. The van der Waals surface area contributed by atoms with Gasteiger partial charge in [-0.15, -0.1) is 0 Å². The fourth-order valence-corrected chi connectivity index (χ4v) is 1.93. The summed E-state index contributed by atoms with van der Waals surface area (Å²) in [5.74, 6) is -0.883. The zero-order valence-electron chi connectivity index (χ0n) is 12.4. The average molecular weight is 277 g/mol. The summed E-state index contributed by atoms with van der Waals surface area (Å²) in [7, 11) is 0. The molecule has 0 atom stereocenters. The molecule has 0 aliphatic carbocycles. The lowest BCUT2D eigenvalue weighted by molar-refractivity contribution is -0.142. The minimum absolute atomic E-state index is 0.00492. The quantitative estimate of drug-likeness (QED) is 0.869. The summed E-state index contributed by atoms with van der Waals surface area (Å²) in [5, 5.41) is 8.79. The minimum Gasteiger partial charge on any atom is -0.481 e. The van der Waals surface area contributed by atoms with E-state index >= 15 is 0 Å². The van der Waals surface area contributed by atoms with E-state index in [1.165, 1.54) is 0 Å². The molecule has 0 aromatic heterocycles. The van der Waals surface area contributed by atoms with Crippen molar-refractivity contribution in [2.75, 3.05) is 13.1 Å². The van der Waals surface area contributed by atoms with E-state index in [2.05, 4.69) is 0 Å². The lowest BCUT2D eigenvalue weighted by atomic mass is 9.94. The Morgan fingerprint density at radius 3 is 2.20 bits per heavy atom. The number of amides is 1. The van der Waals surface area contributed by atoms with Gasteiger partial charge in [-0.1, -0.05) is 51.1 Å². The van der Waals surface area contributed by atoms with Crippen LogP contribution >= 0.6 is 0 Å². The second-order valence-corrected chi connectivity index (χ2v) is 5.92. The van der Waals surface area contributed by atoms with Crippen LogP contribution < -0.4 is 0 Å². The number of carbonyl (C=O) groups is 2. The van der Waals surface area contributed by atoms with Crippen molar-refractivity contribution in [3.05, 3.63) is 35.9 Å². The van der Waals surface area contributed by atoms with E-state index in [1.54, 1.807) is 4.90 Å². The van der Waals surface area contributed by atoms with Gasteiger partial charge in [0.2, 0.25) is 5.91 Å². The number of hydrogen-bond acceptors (Lipinski definition) is 2. The van der Waals surface area contributed by atoms with Gasteiger partial charge in [0.25, 0.3) is 0 Å². The van der Waals surface area contributed by atoms with Crippen molar-refractivity contribution in [3.8, 4) is 0 Å². The number of carboxylic acids is 1. The molecule has 0 radical (unpaired) electrons. The zero-order valence-corrected chi connectivity index (χ0v) is 12.4. The topological polar surface area (TPSA) is 57.6 Å². The van der Waals surface area contributed by atoms with Crippen molar-refractivity contribution in [1.29, 1.82) is 0 Å². The Balaban J connectivity index is 2.67. The van der Waals surface area contributed by atoms with Crippen LogP contribution in [0.4, 0.5) is 0 Å². The second-order valence-electron chi connectivity index (χ2n) is 5.92. The largest absolute Gasteiger partial charge is 0.481 e. The molecule has 0 fully saturated rings. The summed E-state index contributed by atoms with van der Waals surface area (Å²) in [6, 6.07) is 9.89. The number of nitrogens with zero attached hydrogens (tertiary/aromatic N) is 1. The highest BCUT2D eigenvalue weighted by Crippen LogP contribution is 2.18. The molecular weight excluding hydrogens is 254 g/mol. The van der Waals surface area contributed by atoms with E-state index in [0.717, 1.165) is 12.0 Å². The van der Waals surface area contributed by atoms with Gasteiger partial charge in [-0.3, -0.25) is 9.59 Å². The van der Waals surface area contributed by atoms with Crippen molar-refractivity contribution >= 4 is 11.9 Å². The Kier molecular flexibility index (Phi) is 5.74. The van der Waals surface area contributed by atoms with Crippen LogP contribution in [-0.2, 0) is 16.0 Å². The van der Waals surface area contributed by atoms with Crippen LogP contribution in [0.3, 0.4) is 0 Å². The van der Waals surface area contributed by atoms with Crippen molar-refractivity contribution < 1.29 is 14.7 Å². The highest BCUT2D eigenvalue weighted by atomic mass is 16.4. The van der Waals surface area contributed by atoms with Gasteiger partial charge in [-0.05, 0) is 12.0 Å². The summed E-state index contributed by atoms with van der Waals surface area (Å²) >= 11 is 0. The van der Waals surface area contributed by atoms with E-state index < -0.39 is 11.4 Å². The van der Waals surface area contributed by atoms with Crippen LogP contribution in [0, 0.1) is 5.41 Å². The van der Waals surface area contributed by atoms with E-state index in [1.807, 2.05) is 51.1 Å². The van der Waals surface area contributed by atoms with Crippen LogP contribution in [0.15, 0.2) is 30.3 Å². The number of carboxylic acid groups (broad SMARTS) is 1. The van der Waals surface area contributed by atoms with Gasteiger partial charge in [-0.25, -0.2) is 0 Å². The fraction of sp³-hybridized carbons (Fsp3) is 0.500. The first kappa shape index (κ1) is 16.2.